The number of aryl methyl sites for hydroxylation is 1. The molecule has 1 saturated carbocycles. The van der Waals surface area contributed by atoms with Crippen molar-refractivity contribution in [2.24, 2.45) is 0 Å². The van der Waals surface area contributed by atoms with Crippen LogP contribution in [-0.4, -0.2) is 30.7 Å². The fraction of sp³-hybridized carbons (Fsp3) is 0.320. The maximum atomic E-state index is 14.6. The van der Waals surface area contributed by atoms with Gasteiger partial charge in [-0.3, -0.25) is 0 Å². The molecular formula is C25H23ClFN5O. The van der Waals surface area contributed by atoms with E-state index in [1.54, 1.807) is 6.33 Å². The monoisotopic (exact) mass is 463 g/mol. The van der Waals surface area contributed by atoms with Crippen LogP contribution in [0.2, 0.25) is 5.02 Å². The molecule has 168 valence electrons. The molecule has 4 aromatic rings. The number of benzene rings is 1. The molecule has 2 atom stereocenters. The average molecular weight is 464 g/mol. The van der Waals surface area contributed by atoms with Crippen molar-refractivity contribution in [3.05, 3.63) is 70.5 Å². The van der Waals surface area contributed by atoms with Crippen molar-refractivity contribution in [3.8, 4) is 0 Å². The van der Waals surface area contributed by atoms with Crippen LogP contribution in [0.15, 0.2) is 48.4 Å². The molecule has 1 aromatic carbocycles. The Morgan fingerprint density at radius 3 is 2.82 bits per heavy atom. The fourth-order valence-corrected chi connectivity index (χ4v) is 5.05. The number of aromatic nitrogens is 4. The van der Waals surface area contributed by atoms with Crippen molar-refractivity contribution >= 4 is 39.4 Å². The Balaban J connectivity index is 1.24. The van der Waals surface area contributed by atoms with Gasteiger partial charge in [-0.2, -0.15) is 0 Å². The lowest BCUT2D eigenvalue weighted by molar-refractivity contribution is 0.197. The number of fused-ring (bicyclic) bond motifs is 2. The van der Waals surface area contributed by atoms with Gasteiger partial charge in [0.05, 0.1) is 28.4 Å². The van der Waals surface area contributed by atoms with Crippen molar-refractivity contribution in [1.82, 2.24) is 19.5 Å². The molecule has 0 spiro atoms. The summed E-state index contributed by atoms with van der Waals surface area (Å²) in [5.41, 5.74) is 10.1. The van der Waals surface area contributed by atoms with E-state index in [0.29, 0.717) is 36.1 Å². The first kappa shape index (κ1) is 20.6. The molecule has 6 nitrogen and oxygen atoms in total. The standard InChI is InChI=1S/C25H23ClFN5O/c26-19-11-18-20(27)7-13(8-21(18)31-24(19)28)1-2-15-9-16(10-22(15)33)32-6-5-17-23(14-3-4-14)29-12-30-25(17)32/h5-9,11-12,14,16,22,33H,1-4,10H2,(H2,28,31)/t16-,22+/m1/s1. The van der Waals surface area contributed by atoms with E-state index in [0.717, 1.165) is 27.9 Å². The fourth-order valence-electron chi connectivity index (χ4n) is 4.90. The number of nitrogens with two attached hydrogens (primary N) is 1. The molecule has 2 aliphatic rings. The molecule has 1 fully saturated rings. The Kier molecular flexibility index (Phi) is 4.85. The van der Waals surface area contributed by atoms with Crippen molar-refractivity contribution in [2.45, 2.75) is 50.2 Å². The molecule has 0 unspecified atom stereocenters. The zero-order valence-electron chi connectivity index (χ0n) is 17.9. The molecule has 0 amide bonds. The van der Waals surface area contributed by atoms with E-state index >= 15 is 0 Å². The first-order valence-corrected chi connectivity index (χ1v) is 11.6. The van der Waals surface area contributed by atoms with Gasteiger partial charge in [0.25, 0.3) is 0 Å². The summed E-state index contributed by atoms with van der Waals surface area (Å²) in [6.45, 7) is 0. The number of rotatable bonds is 5. The third kappa shape index (κ3) is 3.65. The summed E-state index contributed by atoms with van der Waals surface area (Å²) in [4.78, 5) is 13.2. The summed E-state index contributed by atoms with van der Waals surface area (Å²) in [5.74, 6) is 0.362. The number of allylic oxidation sites excluding steroid dienone is 1. The lowest BCUT2D eigenvalue weighted by Gasteiger charge is -2.12. The summed E-state index contributed by atoms with van der Waals surface area (Å²) < 4.78 is 16.7. The van der Waals surface area contributed by atoms with Crippen molar-refractivity contribution in [3.63, 3.8) is 0 Å². The van der Waals surface area contributed by atoms with E-state index in [4.69, 9.17) is 17.3 Å². The molecule has 8 heteroatoms. The minimum atomic E-state index is -0.532. The van der Waals surface area contributed by atoms with Gasteiger partial charge in [-0.1, -0.05) is 17.7 Å². The normalized spacial score (nSPS) is 20.6. The molecule has 33 heavy (non-hydrogen) atoms. The van der Waals surface area contributed by atoms with Gasteiger partial charge in [0.1, 0.15) is 23.6 Å². The highest BCUT2D eigenvalue weighted by Gasteiger charge is 2.30. The number of anilines is 1. The van der Waals surface area contributed by atoms with Gasteiger partial charge in [-0.15, -0.1) is 0 Å². The smallest absolute Gasteiger partial charge is 0.144 e. The maximum Gasteiger partial charge on any atom is 0.144 e. The van der Waals surface area contributed by atoms with E-state index in [-0.39, 0.29) is 22.7 Å². The third-order valence-corrected chi connectivity index (χ3v) is 7.09. The van der Waals surface area contributed by atoms with E-state index in [1.807, 2.05) is 12.3 Å². The number of aliphatic hydroxyl groups excluding tert-OH is 1. The zero-order chi connectivity index (χ0) is 22.7. The number of nitrogens with zero attached hydrogens (tertiary/aromatic N) is 4. The van der Waals surface area contributed by atoms with Gasteiger partial charge < -0.3 is 15.4 Å². The lowest BCUT2D eigenvalue weighted by Crippen LogP contribution is -2.10. The van der Waals surface area contributed by atoms with E-state index in [2.05, 4.69) is 31.7 Å². The zero-order valence-corrected chi connectivity index (χ0v) is 18.6. The number of pyridine rings is 1. The molecule has 3 heterocycles. The molecule has 3 aromatic heterocycles. The molecule has 0 bridgehead atoms. The van der Waals surface area contributed by atoms with Crippen LogP contribution in [0.5, 0.6) is 0 Å². The van der Waals surface area contributed by atoms with Gasteiger partial charge in [0, 0.05) is 29.3 Å². The molecule has 6 rings (SSSR count). The largest absolute Gasteiger partial charge is 0.389 e. The number of nitrogen functional groups attached to an aromatic ring is 1. The van der Waals surface area contributed by atoms with Crippen molar-refractivity contribution in [2.75, 3.05) is 5.73 Å². The second-order valence-electron chi connectivity index (χ2n) is 9.05. The summed E-state index contributed by atoms with van der Waals surface area (Å²) in [5, 5.41) is 12.4. The number of aliphatic hydroxyl groups is 1. The van der Waals surface area contributed by atoms with Crippen LogP contribution in [0.1, 0.15) is 48.9 Å². The Labute approximate surface area is 194 Å². The quantitative estimate of drug-likeness (QED) is 0.402. The van der Waals surface area contributed by atoms with Gasteiger partial charge >= 0.3 is 0 Å². The lowest BCUT2D eigenvalue weighted by atomic mass is 10.0. The predicted molar refractivity (Wildman–Crippen MR) is 127 cm³/mol. The van der Waals surface area contributed by atoms with Crippen molar-refractivity contribution < 1.29 is 9.50 Å². The summed E-state index contributed by atoms with van der Waals surface area (Å²) in [7, 11) is 0. The Bertz CT molecular complexity index is 1430. The van der Waals surface area contributed by atoms with E-state index in [9.17, 15) is 9.50 Å². The first-order chi connectivity index (χ1) is 16.0. The van der Waals surface area contributed by atoms with Crippen LogP contribution in [0, 0.1) is 5.82 Å². The molecule has 0 saturated heterocycles. The van der Waals surface area contributed by atoms with Crippen LogP contribution in [0.3, 0.4) is 0 Å². The van der Waals surface area contributed by atoms with Crippen LogP contribution < -0.4 is 5.73 Å². The summed E-state index contributed by atoms with van der Waals surface area (Å²) in [6.07, 6.45) is 9.48. The Hall–Kier alpha value is -3.03. The summed E-state index contributed by atoms with van der Waals surface area (Å²) in [6, 6.07) is 6.97. The number of hydrogen-bond donors (Lipinski definition) is 2. The van der Waals surface area contributed by atoms with E-state index < -0.39 is 6.10 Å². The van der Waals surface area contributed by atoms with E-state index in [1.165, 1.54) is 25.0 Å². The van der Waals surface area contributed by atoms with Gasteiger partial charge in [-0.25, -0.2) is 19.3 Å². The second-order valence-corrected chi connectivity index (χ2v) is 9.46. The molecule has 0 aliphatic heterocycles. The third-order valence-electron chi connectivity index (χ3n) is 6.79. The van der Waals surface area contributed by atoms with Gasteiger partial charge in [0.15, 0.2) is 0 Å². The number of hydrogen-bond acceptors (Lipinski definition) is 5. The highest BCUT2D eigenvalue weighted by atomic mass is 35.5. The minimum Gasteiger partial charge on any atom is -0.389 e. The van der Waals surface area contributed by atoms with Gasteiger partial charge in [0.2, 0.25) is 0 Å². The average Bonchev–Trinajstić information content (AvgIpc) is 3.44. The molecule has 3 N–H and O–H groups in total. The molecular weight excluding hydrogens is 441 g/mol. The topological polar surface area (TPSA) is 89.9 Å². The van der Waals surface area contributed by atoms with Crippen LogP contribution in [0.25, 0.3) is 21.9 Å². The second kappa shape index (κ2) is 7.78. The highest BCUT2D eigenvalue weighted by Crippen LogP contribution is 2.42. The van der Waals surface area contributed by atoms with Crippen molar-refractivity contribution in [1.29, 1.82) is 0 Å². The molecule has 0 radical (unpaired) electrons. The molecule has 2 aliphatic carbocycles. The van der Waals surface area contributed by atoms with Gasteiger partial charge in [-0.05, 0) is 61.1 Å². The number of halogens is 2. The predicted octanol–water partition coefficient (Wildman–Crippen LogP) is 5.10. The Morgan fingerprint density at radius 2 is 2.00 bits per heavy atom. The van der Waals surface area contributed by atoms with Crippen LogP contribution in [-0.2, 0) is 6.42 Å². The first-order valence-electron chi connectivity index (χ1n) is 11.2. The Morgan fingerprint density at radius 1 is 1.15 bits per heavy atom. The SMILES string of the molecule is Nc1nc2cc(CCC3=C[C@@H](n4ccc5c(C6CC6)ncnc54)C[C@@H]3O)cc(F)c2cc1Cl. The highest BCUT2D eigenvalue weighted by molar-refractivity contribution is 6.33. The summed E-state index contributed by atoms with van der Waals surface area (Å²) >= 11 is 5.98. The minimum absolute atomic E-state index is 0.0337. The van der Waals surface area contributed by atoms with Crippen LogP contribution >= 0.6 is 11.6 Å². The van der Waals surface area contributed by atoms with Crippen LogP contribution in [0.4, 0.5) is 10.2 Å². The maximum absolute atomic E-state index is 14.6.